The fourth-order valence-electron chi connectivity index (χ4n) is 3.73. The van der Waals surface area contributed by atoms with E-state index in [2.05, 4.69) is 10.3 Å². The number of hydrogen-bond acceptors (Lipinski definition) is 5. The van der Waals surface area contributed by atoms with E-state index in [1.165, 1.54) is 15.9 Å². The number of hydrogen-bond donors (Lipinski definition) is 2. The lowest BCUT2D eigenvalue weighted by Crippen LogP contribution is -2.39. The van der Waals surface area contributed by atoms with Gasteiger partial charge in [0, 0.05) is 24.2 Å². The number of carbonyl (C=O) groups is 1. The Morgan fingerprint density at radius 1 is 1.06 bits per heavy atom. The molecule has 4 rings (SSSR count). The van der Waals surface area contributed by atoms with Gasteiger partial charge in [0.25, 0.3) is 5.56 Å². The van der Waals surface area contributed by atoms with Crippen LogP contribution in [0.3, 0.4) is 0 Å². The molecule has 0 atom stereocenters. The number of nitrogens with one attached hydrogen (secondary N) is 2. The number of thiophene rings is 1. The van der Waals surface area contributed by atoms with Crippen molar-refractivity contribution in [3.63, 3.8) is 0 Å². The van der Waals surface area contributed by atoms with Gasteiger partial charge in [0.05, 0.1) is 11.2 Å². The van der Waals surface area contributed by atoms with E-state index < -0.39 is 6.09 Å². The highest BCUT2D eigenvalue weighted by Crippen LogP contribution is 2.23. The third-order valence-corrected chi connectivity index (χ3v) is 5.99. The van der Waals surface area contributed by atoms with E-state index >= 15 is 0 Å². The molecule has 3 aromatic heterocycles. The number of rotatable bonds is 8. The number of aromatic nitrogens is 3. The smallest absolute Gasteiger partial charge is 0.411 e. The van der Waals surface area contributed by atoms with Gasteiger partial charge in [-0.25, -0.2) is 9.59 Å². The average molecular weight is 467 g/mol. The van der Waals surface area contributed by atoms with Gasteiger partial charge in [-0.15, -0.1) is 0 Å². The molecule has 0 unspecified atom stereocenters. The van der Waals surface area contributed by atoms with Crippen LogP contribution in [0.5, 0.6) is 0 Å². The zero-order valence-electron chi connectivity index (χ0n) is 18.6. The van der Waals surface area contributed by atoms with Crippen LogP contribution in [0.1, 0.15) is 32.3 Å². The van der Waals surface area contributed by atoms with Crippen molar-refractivity contribution in [3.8, 4) is 11.3 Å². The lowest BCUT2D eigenvalue weighted by Gasteiger charge is -2.10. The summed E-state index contributed by atoms with van der Waals surface area (Å²) >= 11 is 1.49. The maximum absolute atomic E-state index is 12.9. The maximum Gasteiger partial charge on any atom is 0.411 e. The molecule has 3 heterocycles. The molecule has 8 nitrogen and oxygen atoms in total. The van der Waals surface area contributed by atoms with E-state index in [1.807, 2.05) is 54.9 Å². The van der Waals surface area contributed by atoms with E-state index in [0.717, 1.165) is 23.2 Å². The zero-order valence-corrected chi connectivity index (χ0v) is 19.4. The van der Waals surface area contributed by atoms with Gasteiger partial charge in [-0.3, -0.25) is 19.2 Å². The van der Waals surface area contributed by atoms with Gasteiger partial charge in [0.15, 0.2) is 0 Å². The van der Waals surface area contributed by atoms with Crippen LogP contribution >= 0.6 is 11.3 Å². The van der Waals surface area contributed by atoms with Crippen LogP contribution in [0, 0.1) is 0 Å². The third-order valence-electron chi connectivity index (χ3n) is 5.31. The summed E-state index contributed by atoms with van der Waals surface area (Å²) in [6.45, 7) is 5.02. The molecule has 0 saturated heterocycles. The van der Waals surface area contributed by atoms with Gasteiger partial charge < -0.3 is 9.72 Å². The highest BCUT2D eigenvalue weighted by molar-refractivity contribution is 7.08. The second-order valence-electron chi connectivity index (χ2n) is 7.74. The van der Waals surface area contributed by atoms with Gasteiger partial charge in [-0.05, 0) is 41.5 Å². The molecule has 0 aliphatic carbocycles. The molecule has 0 bridgehead atoms. The Balaban J connectivity index is 1.57. The predicted molar refractivity (Wildman–Crippen MR) is 131 cm³/mol. The molecule has 1 amide bonds. The number of aryl methyl sites for hydroxylation is 1. The second kappa shape index (κ2) is 9.91. The van der Waals surface area contributed by atoms with Gasteiger partial charge in [0.1, 0.15) is 12.1 Å². The van der Waals surface area contributed by atoms with Gasteiger partial charge in [-0.2, -0.15) is 11.3 Å². The van der Waals surface area contributed by atoms with Crippen molar-refractivity contribution < 1.29 is 9.53 Å². The van der Waals surface area contributed by atoms with E-state index in [-0.39, 0.29) is 17.9 Å². The first-order valence-corrected chi connectivity index (χ1v) is 11.9. The molecule has 4 aromatic rings. The fourth-order valence-corrected chi connectivity index (χ4v) is 4.31. The fraction of sp³-hybridized carbons (Fsp3) is 0.292. The van der Waals surface area contributed by atoms with Crippen LogP contribution < -0.4 is 16.6 Å². The molecule has 1 aromatic carbocycles. The quantitative estimate of drug-likeness (QED) is 0.390. The Labute approximate surface area is 194 Å². The maximum atomic E-state index is 12.9. The second-order valence-corrected chi connectivity index (χ2v) is 8.52. The van der Waals surface area contributed by atoms with E-state index in [0.29, 0.717) is 36.2 Å². The SMILES string of the molecule is CCCn1c(=O)c2[nH]c(-c3ccc(COC(=O)Nc4ccsc4)cc3)cc2n(CCC)c1=O. The topological polar surface area (TPSA) is 98.1 Å². The molecule has 0 fully saturated rings. The number of H-pyrrole nitrogens is 1. The molecular formula is C24H26N4O4S. The van der Waals surface area contributed by atoms with E-state index in [1.54, 1.807) is 10.6 Å². The molecule has 0 aliphatic rings. The summed E-state index contributed by atoms with van der Waals surface area (Å²) in [5.41, 5.74) is 3.66. The minimum Gasteiger partial charge on any atom is -0.444 e. The van der Waals surface area contributed by atoms with Crippen molar-refractivity contribution in [2.45, 2.75) is 46.4 Å². The van der Waals surface area contributed by atoms with E-state index in [9.17, 15) is 14.4 Å². The lowest BCUT2D eigenvalue weighted by molar-refractivity contribution is 0.155. The summed E-state index contributed by atoms with van der Waals surface area (Å²) in [6.07, 6.45) is 0.981. The highest BCUT2D eigenvalue weighted by atomic mass is 32.1. The van der Waals surface area contributed by atoms with Crippen LogP contribution in [0.15, 0.2) is 56.7 Å². The summed E-state index contributed by atoms with van der Waals surface area (Å²) in [5, 5.41) is 6.37. The summed E-state index contributed by atoms with van der Waals surface area (Å²) in [5.74, 6) is 0. The molecule has 0 radical (unpaired) electrons. The normalized spacial score (nSPS) is 11.1. The number of fused-ring (bicyclic) bond motifs is 1. The molecule has 0 aliphatic heterocycles. The molecule has 9 heteroatoms. The van der Waals surface area contributed by atoms with Gasteiger partial charge >= 0.3 is 11.8 Å². The van der Waals surface area contributed by atoms with Crippen molar-refractivity contribution in [2.75, 3.05) is 5.32 Å². The Bertz CT molecular complexity index is 1360. The summed E-state index contributed by atoms with van der Waals surface area (Å²) in [4.78, 5) is 40.9. The van der Waals surface area contributed by atoms with Gasteiger partial charge in [0.2, 0.25) is 0 Å². The van der Waals surface area contributed by atoms with Crippen LogP contribution in [-0.2, 0) is 24.4 Å². The molecule has 33 heavy (non-hydrogen) atoms. The number of amides is 1. The summed E-state index contributed by atoms with van der Waals surface area (Å²) in [7, 11) is 0. The van der Waals surface area contributed by atoms with Crippen molar-refractivity contribution in [1.29, 1.82) is 0 Å². The average Bonchev–Trinajstić information content (AvgIpc) is 3.49. The number of ether oxygens (including phenoxy) is 1. The predicted octanol–water partition coefficient (Wildman–Crippen LogP) is 4.79. The third kappa shape index (κ3) is 4.78. The highest BCUT2D eigenvalue weighted by Gasteiger charge is 2.16. The van der Waals surface area contributed by atoms with Crippen LogP contribution in [0.4, 0.5) is 10.5 Å². The van der Waals surface area contributed by atoms with Crippen molar-refractivity contribution in [2.24, 2.45) is 0 Å². The number of nitrogens with zero attached hydrogens (tertiary/aromatic N) is 2. The molecule has 2 N–H and O–H groups in total. The molecule has 172 valence electrons. The first-order chi connectivity index (χ1) is 16.0. The summed E-state index contributed by atoms with van der Waals surface area (Å²) in [6, 6.07) is 11.2. The number of aromatic amines is 1. The Morgan fingerprint density at radius 3 is 2.45 bits per heavy atom. The summed E-state index contributed by atoms with van der Waals surface area (Å²) < 4.78 is 8.24. The van der Waals surface area contributed by atoms with Crippen molar-refractivity contribution in [1.82, 2.24) is 14.1 Å². The van der Waals surface area contributed by atoms with Crippen LogP contribution in [-0.4, -0.2) is 20.2 Å². The first-order valence-electron chi connectivity index (χ1n) is 10.9. The molecule has 0 spiro atoms. The Kier molecular flexibility index (Phi) is 6.79. The van der Waals surface area contributed by atoms with Crippen molar-refractivity contribution in [3.05, 3.63) is 73.6 Å². The van der Waals surface area contributed by atoms with Crippen molar-refractivity contribution >= 4 is 34.2 Å². The minimum atomic E-state index is -0.509. The lowest BCUT2D eigenvalue weighted by atomic mass is 10.1. The zero-order chi connectivity index (χ0) is 23.4. The number of carbonyl (C=O) groups excluding carboxylic acids is 1. The van der Waals surface area contributed by atoms with Crippen LogP contribution in [0.2, 0.25) is 0 Å². The number of anilines is 1. The monoisotopic (exact) mass is 466 g/mol. The van der Waals surface area contributed by atoms with Crippen LogP contribution in [0.25, 0.3) is 22.3 Å². The largest absolute Gasteiger partial charge is 0.444 e. The van der Waals surface area contributed by atoms with Gasteiger partial charge in [-0.1, -0.05) is 38.1 Å². The number of benzene rings is 1. The van der Waals surface area contributed by atoms with E-state index in [4.69, 9.17) is 4.74 Å². The molecule has 0 saturated carbocycles. The molecular weight excluding hydrogens is 440 g/mol. The first kappa shape index (κ1) is 22.6. The Morgan fingerprint density at radius 2 is 1.79 bits per heavy atom. The minimum absolute atomic E-state index is 0.140. The standard InChI is InChI=1S/C24H26N4O4S/c1-3-10-27-20-13-19(26-21(20)22(29)28(11-4-2)24(27)31)17-7-5-16(6-8-17)14-32-23(30)25-18-9-12-33-15-18/h5-9,12-13,15,26H,3-4,10-11,14H2,1-2H3,(H,25,30). The Hall–Kier alpha value is -3.59.